The van der Waals surface area contributed by atoms with Gasteiger partial charge < -0.3 is 4.90 Å². The molecule has 5 rings (SSSR count). The standard InChI is InChI=1S/C26H21N3/c27-17-26(18-28)16-19-8-1-2-9-20(19)21-10-3-4-11-22(21)23-12-5-6-13-24(23)29-15-7-14-25(26)29/h1-6,8-13,25H,7,14-16H2. The maximum absolute atomic E-state index is 10.2. The monoisotopic (exact) mass is 375 g/mol. The van der Waals surface area contributed by atoms with Gasteiger partial charge >= 0.3 is 0 Å². The third-order valence-corrected chi connectivity index (χ3v) is 6.43. The van der Waals surface area contributed by atoms with Crippen molar-refractivity contribution in [2.24, 2.45) is 5.41 Å². The van der Waals surface area contributed by atoms with E-state index in [1.165, 1.54) is 5.56 Å². The molecule has 2 aliphatic rings. The first-order valence-corrected chi connectivity index (χ1v) is 10.1. The Morgan fingerprint density at radius 2 is 1.34 bits per heavy atom. The van der Waals surface area contributed by atoms with Crippen LogP contribution in [-0.2, 0) is 6.42 Å². The molecule has 0 saturated carbocycles. The molecule has 0 bridgehead atoms. The Morgan fingerprint density at radius 3 is 2.07 bits per heavy atom. The van der Waals surface area contributed by atoms with Gasteiger partial charge in [-0.2, -0.15) is 10.5 Å². The number of hydrogen-bond acceptors (Lipinski definition) is 3. The van der Waals surface area contributed by atoms with Crippen LogP contribution in [0.15, 0.2) is 72.8 Å². The van der Waals surface area contributed by atoms with E-state index in [2.05, 4.69) is 77.7 Å². The Labute approximate surface area is 171 Å². The van der Waals surface area contributed by atoms with E-state index < -0.39 is 5.41 Å². The fraction of sp³-hybridized carbons (Fsp3) is 0.231. The van der Waals surface area contributed by atoms with Gasteiger partial charge in [0, 0.05) is 24.2 Å². The van der Waals surface area contributed by atoms with Crippen molar-refractivity contribution >= 4 is 5.69 Å². The summed E-state index contributed by atoms with van der Waals surface area (Å²) in [5.74, 6) is 0. The van der Waals surface area contributed by atoms with Crippen LogP contribution < -0.4 is 4.90 Å². The number of hydrogen-bond donors (Lipinski definition) is 0. The van der Waals surface area contributed by atoms with Gasteiger partial charge in [0.15, 0.2) is 5.41 Å². The van der Waals surface area contributed by atoms with Crippen molar-refractivity contribution in [3.63, 3.8) is 0 Å². The third kappa shape index (κ3) is 2.63. The van der Waals surface area contributed by atoms with Gasteiger partial charge in [0.25, 0.3) is 0 Å². The number of nitriles is 2. The smallest absolute Gasteiger partial charge is 0.167 e. The molecule has 0 N–H and O–H groups in total. The fourth-order valence-corrected chi connectivity index (χ4v) is 5.08. The largest absolute Gasteiger partial charge is 0.365 e. The van der Waals surface area contributed by atoms with E-state index in [1.807, 2.05) is 12.1 Å². The average molecular weight is 375 g/mol. The summed E-state index contributed by atoms with van der Waals surface area (Å²) in [4.78, 5) is 2.31. The highest BCUT2D eigenvalue weighted by Gasteiger charge is 2.46. The third-order valence-electron chi connectivity index (χ3n) is 6.43. The first kappa shape index (κ1) is 17.5. The maximum Gasteiger partial charge on any atom is 0.167 e. The summed E-state index contributed by atoms with van der Waals surface area (Å²) in [5, 5.41) is 20.5. The number of fused-ring (bicyclic) bond motifs is 7. The first-order chi connectivity index (χ1) is 14.3. The minimum absolute atomic E-state index is 0.114. The van der Waals surface area contributed by atoms with Gasteiger partial charge in [-0.25, -0.2) is 0 Å². The lowest BCUT2D eigenvalue weighted by molar-refractivity contribution is 0.404. The predicted octanol–water partition coefficient (Wildman–Crippen LogP) is 5.58. The van der Waals surface area contributed by atoms with Crippen LogP contribution in [0.3, 0.4) is 0 Å². The molecule has 1 fully saturated rings. The highest BCUT2D eigenvalue weighted by atomic mass is 15.2. The summed E-state index contributed by atoms with van der Waals surface area (Å²) < 4.78 is 0. The Balaban J connectivity index is 1.88. The zero-order valence-corrected chi connectivity index (χ0v) is 16.2. The molecule has 2 aliphatic heterocycles. The predicted molar refractivity (Wildman–Crippen MR) is 115 cm³/mol. The van der Waals surface area contributed by atoms with Crippen LogP contribution in [0.5, 0.6) is 0 Å². The van der Waals surface area contributed by atoms with E-state index >= 15 is 0 Å². The lowest BCUT2D eigenvalue weighted by Crippen LogP contribution is -2.45. The molecule has 0 aliphatic carbocycles. The lowest BCUT2D eigenvalue weighted by Gasteiger charge is -2.37. The van der Waals surface area contributed by atoms with Gasteiger partial charge in [0.05, 0.1) is 18.2 Å². The van der Waals surface area contributed by atoms with Crippen LogP contribution in [0.4, 0.5) is 5.69 Å². The van der Waals surface area contributed by atoms with Crippen molar-refractivity contribution in [1.29, 1.82) is 10.5 Å². The molecule has 3 nitrogen and oxygen atoms in total. The van der Waals surface area contributed by atoms with Crippen LogP contribution in [0.2, 0.25) is 0 Å². The molecule has 1 saturated heterocycles. The summed E-state index contributed by atoms with van der Waals surface area (Å²) in [6.07, 6.45) is 2.29. The highest BCUT2D eigenvalue weighted by Crippen LogP contribution is 2.46. The summed E-state index contributed by atoms with van der Waals surface area (Å²) in [6.45, 7) is 0.872. The van der Waals surface area contributed by atoms with Crippen LogP contribution in [0.25, 0.3) is 22.3 Å². The minimum atomic E-state index is -1.08. The lowest BCUT2D eigenvalue weighted by atomic mass is 9.74. The molecule has 140 valence electrons. The quantitative estimate of drug-likeness (QED) is 0.515. The van der Waals surface area contributed by atoms with Gasteiger partial charge in [0.2, 0.25) is 0 Å². The second kappa shape index (κ2) is 6.80. The molecular weight excluding hydrogens is 354 g/mol. The van der Waals surface area contributed by atoms with Crippen molar-refractivity contribution in [2.45, 2.75) is 25.3 Å². The van der Waals surface area contributed by atoms with Gasteiger partial charge in [-0.1, -0.05) is 66.7 Å². The SMILES string of the molecule is N#CC1(C#N)Cc2ccccc2-c2ccccc2-c2ccccc2N2CCCC21. The molecular formula is C26H21N3. The molecule has 0 amide bonds. The summed E-state index contributed by atoms with van der Waals surface area (Å²) in [5.41, 5.74) is 5.73. The number of rotatable bonds is 0. The Morgan fingerprint density at radius 1 is 0.759 bits per heavy atom. The molecule has 1 atom stereocenters. The zero-order valence-electron chi connectivity index (χ0n) is 16.2. The fourth-order valence-electron chi connectivity index (χ4n) is 5.08. The van der Waals surface area contributed by atoms with E-state index in [4.69, 9.17) is 0 Å². The van der Waals surface area contributed by atoms with Gasteiger partial charge in [-0.15, -0.1) is 0 Å². The van der Waals surface area contributed by atoms with Crippen molar-refractivity contribution in [3.05, 3.63) is 78.4 Å². The minimum Gasteiger partial charge on any atom is -0.365 e. The van der Waals surface area contributed by atoms with Crippen molar-refractivity contribution in [2.75, 3.05) is 11.4 Å². The van der Waals surface area contributed by atoms with Gasteiger partial charge in [-0.05, 0) is 41.2 Å². The molecule has 2 heterocycles. The average Bonchev–Trinajstić information content (AvgIpc) is 3.28. The normalized spacial score (nSPS) is 19.0. The van der Waals surface area contributed by atoms with Gasteiger partial charge in [0.1, 0.15) is 0 Å². The topological polar surface area (TPSA) is 50.8 Å². The summed E-state index contributed by atoms with van der Waals surface area (Å²) >= 11 is 0. The van der Waals surface area contributed by atoms with Crippen LogP contribution >= 0.6 is 0 Å². The molecule has 29 heavy (non-hydrogen) atoms. The van der Waals surface area contributed by atoms with Crippen LogP contribution in [-0.4, -0.2) is 12.6 Å². The Bertz CT molecular complexity index is 1150. The molecule has 0 aromatic heterocycles. The highest BCUT2D eigenvalue weighted by molar-refractivity contribution is 5.91. The molecule has 0 radical (unpaired) electrons. The molecule has 3 aromatic carbocycles. The number of nitrogens with zero attached hydrogens (tertiary/aromatic N) is 3. The second-order valence-electron chi connectivity index (χ2n) is 7.94. The van der Waals surface area contributed by atoms with Crippen molar-refractivity contribution < 1.29 is 0 Å². The first-order valence-electron chi connectivity index (χ1n) is 10.1. The van der Waals surface area contributed by atoms with Crippen LogP contribution in [0.1, 0.15) is 18.4 Å². The summed E-state index contributed by atoms with van der Waals surface area (Å²) in [7, 11) is 0. The number of para-hydroxylation sites is 1. The van der Waals surface area contributed by atoms with E-state index in [1.54, 1.807) is 0 Å². The Hall–Kier alpha value is -3.56. The van der Waals surface area contributed by atoms with E-state index in [0.717, 1.165) is 47.3 Å². The van der Waals surface area contributed by atoms with Crippen molar-refractivity contribution in [1.82, 2.24) is 0 Å². The maximum atomic E-state index is 10.2. The van der Waals surface area contributed by atoms with Crippen molar-refractivity contribution in [3.8, 4) is 34.4 Å². The zero-order chi connectivity index (χ0) is 19.8. The summed E-state index contributed by atoms with van der Waals surface area (Å²) in [6, 6.07) is 29.9. The molecule has 3 heteroatoms. The van der Waals surface area contributed by atoms with E-state index in [9.17, 15) is 10.5 Å². The molecule has 1 unspecified atom stereocenters. The Kier molecular flexibility index (Phi) is 4.11. The number of anilines is 1. The van der Waals surface area contributed by atoms with E-state index in [-0.39, 0.29) is 6.04 Å². The molecule has 3 aromatic rings. The van der Waals surface area contributed by atoms with E-state index in [0.29, 0.717) is 6.42 Å². The molecule has 0 spiro atoms. The number of benzene rings is 3. The van der Waals surface area contributed by atoms with Gasteiger partial charge in [-0.3, -0.25) is 0 Å². The van der Waals surface area contributed by atoms with Crippen LogP contribution in [0, 0.1) is 28.1 Å². The second-order valence-corrected chi connectivity index (χ2v) is 7.94.